The van der Waals surface area contributed by atoms with Crippen molar-refractivity contribution >= 4 is 51.0 Å². The highest BCUT2D eigenvalue weighted by molar-refractivity contribution is 9.10. The zero-order chi connectivity index (χ0) is 24.2. The number of fused-ring (bicyclic) bond motifs is 1. The summed E-state index contributed by atoms with van der Waals surface area (Å²) in [4.78, 5) is 37.4. The average Bonchev–Trinajstić information content (AvgIpc) is 3.18. The lowest BCUT2D eigenvalue weighted by atomic mass is 9.93. The highest BCUT2D eigenvalue weighted by atomic mass is 79.9. The molecule has 0 aliphatic heterocycles. The molecule has 4 rings (SSSR count). The minimum Gasteiger partial charge on any atom is -0.455 e. The van der Waals surface area contributed by atoms with Gasteiger partial charge in [-0.3, -0.25) is 25.2 Å². The van der Waals surface area contributed by atoms with E-state index in [2.05, 4.69) is 37.3 Å². The first-order valence-corrected chi connectivity index (χ1v) is 11.6. The van der Waals surface area contributed by atoms with E-state index in [0.29, 0.717) is 51.6 Å². The third-order valence-corrected chi connectivity index (χ3v) is 6.07. The van der Waals surface area contributed by atoms with Gasteiger partial charge in [0.2, 0.25) is 0 Å². The topological polar surface area (TPSA) is 113 Å². The van der Waals surface area contributed by atoms with Crippen LogP contribution in [0.1, 0.15) is 61.0 Å². The quantitative estimate of drug-likeness (QED) is 0.419. The minimum atomic E-state index is -0.584. The number of halogens is 2. The average molecular weight is 544 g/mol. The Bertz CT molecular complexity index is 1300. The van der Waals surface area contributed by atoms with E-state index in [1.165, 1.54) is 0 Å². The molecule has 174 valence electrons. The maximum absolute atomic E-state index is 12.7. The first kappa shape index (κ1) is 23.7. The van der Waals surface area contributed by atoms with Crippen molar-refractivity contribution in [2.75, 3.05) is 0 Å². The van der Waals surface area contributed by atoms with Gasteiger partial charge in [0, 0.05) is 38.2 Å². The number of carbonyl (C=O) groups excluding carboxylic acids is 3. The summed E-state index contributed by atoms with van der Waals surface area (Å²) >= 11 is 9.26. The number of aryl methyl sites for hydroxylation is 1. The van der Waals surface area contributed by atoms with Crippen LogP contribution in [0.2, 0.25) is 5.02 Å². The Kier molecular flexibility index (Phi) is 7.14. The van der Waals surface area contributed by atoms with Crippen LogP contribution in [0, 0.1) is 6.92 Å². The molecule has 3 N–H and O–H groups in total. The van der Waals surface area contributed by atoms with E-state index < -0.39 is 17.7 Å². The maximum Gasteiger partial charge on any atom is 0.305 e. The molecule has 1 aliphatic rings. The van der Waals surface area contributed by atoms with Crippen molar-refractivity contribution < 1.29 is 18.8 Å². The van der Waals surface area contributed by atoms with Crippen LogP contribution >= 0.6 is 27.5 Å². The Hall–Kier alpha value is -3.43. The van der Waals surface area contributed by atoms with Gasteiger partial charge in [-0.1, -0.05) is 33.6 Å². The van der Waals surface area contributed by atoms with E-state index in [1.807, 2.05) is 0 Å². The molecule has 3 amide bonds. The van der Waals surface area contributed by atoms with Gasteiger partial charge in [-0.2, -0.15) is 5.10 Å². The van der Waals surface area contributed by atoms with Gasteiger partial charge in [0.25, 0.3) is 11.8 Å². The van der Waals surface area contributed by atoms with E-state index in [-0.39, 0.29) is 5.76 Å². The fourth-order valence-electron chi connectivity index (χ4n) is 3.65. The number of benzene rings is 2. The fourth-order valence-corrected chi connectivity index (χ4v) is 4.11. The molecule has 0 atom stereocenters. The zero-order valence-electron chi connectivity index (χ0n) is 18.1. The van der Waals surface area contributed by atoms with E-state index in [4.69, 9.17) is 16.0 Å². The first-order valence-electron chi connectivity index (χ1n) is 10.4. The molecule has 1 aromatic heterocycles. The monoisotopic (exact) mass is 542 g/mol. The van der Waals surface area contributed by atoms with Crippen molar-refractivity contribution in [3.63, 3.8) is 0 Å². The van der Waals surface area contributed by atoms with Crippen LogP contribution in [0.4, 0.5) is 0 Å². The number of rotatable bonds is 4. The molecular weight excluding hydrogens is 524 g/mol. The number of nitrogens with zero attached hydrogens (tertiary/aromatic N) is 1. The Morgan fingerprint density at radius 2 is 1.71 bits per heavy atom. The van der Waals surface area contributed by atoms with E-state index in [1.54, 1.807) is 55.5 Å². The molecule has 0 unspecified atom stereocenters. The number of furan rings is 1. The lowest BCUT2D eigenvalue weighted by molar-refractivity contribution is 0.0829. The van der Waals surface area contributed by atoms with Crippen LogP contribution < -0.4 is 16.3 Å². The smallest absolute Gasteiger partial charge is 0.305 e. The summed E-state index contributed by atoms with van der Waals surface area (Å²) in [6.07, 6.45) is 2.01. The van der Waals surface area contributed by atoms with Crippen molar-refractivity contribution in [2.45, 2.75) is 26.2 Å². The summed E-state index contributed by atoms with van der Waals surface area (Å²) in [6, 6.07) is 13.3. The maximum atomic E-state index is 12.7. The molecule has 0 radical (unpaired) electrons. The second kappa shape index (κ2) is 10.2. The Morgan fingerprint density at radius 1 is 0.971 bits per heavy atom. The molecule has 3 aromatic rings. The predicted octanol–water partition coefficient (Wildman–Crippen LogP) is 4.55. The molecule has 0 fully saturated rings. The SMILES string of the molecule is Cc1c(C(=O)NNC(=O)c2ccc(Br)cc2)oc2c1/C(=N/NC(=O)c1cccc(Cl)c1)CCC2. The van der Waals surface area contributed by atoms with Crippen LogP contribution in [-0.4, -0.2) is 23.4 Å². The minimum absolute atomic E-state index is 0.0804. The van der Waals surface area contributed by atoms with E-state index in [0.717, 1.165) is 10.9 Å². The summed E-state index contributed by atoms with van der Waals surface area (Å²) < 4.78 is 6.65. The number of hydrazone groups is 1. The highest BCUT2D eigenvalue weighted by Gasteiger charge is 2.28. The fraction of sp³-hybridized carbons (Fsp3) is 0.167. The van der Waals surface area contributed by atoms with Crippen LogP contribution in [-0.2, 0) is 6.42 Å². The van der Waals surface area contributed by atoms with Gasteiger partial charge in [0.15, 0.2) is 5.76 Å². The summed E-state index contributed by atoms with van der Waals surface area (Å²) in [6.45, 7) is 1.74. The first-order chi connectivity index (χ1) is 16.3. The molecule has 0 bridgehead atoms. The highest BCUT2D eigenvalue weighted by Crippen LogP contribution is 2.29. The molecule has 1 aliphatic carbocycles. The van der Waals surface area contributed by atoms with Gasteiger partial charge >= 0.3 is 5.91 Å². The Morgan fingerprint density at radius 3 is 2.44 bits per heavy atom. The molecule has 2 aromatic carbocycles. The molecule has 10 heteroatoms. The molecule has 0 saturated carbocycles. The standard InChI is InChI=1S/C24H20BrClN4O4/c1-13-20-18(27-28-23(32)15-4-2-5-17(26)12-15)6-3-7-19(20)34-21(13)24(33)30-29-22(31)14-8-10-16(25)11-9-14/h2,4-5,8-12H,3,6-7H2,1H3,(H,28,32)(H,29,31)(H,30,33)/b27-18+. The number of carbonyl (C=O) groups is 3. The third-order valence-electron chi connectivity index (χ3n) is 5.31. The molecule has 1 heterocycles. The summed E-state index contributed by atoms with van der Waals surface area (Å²) in [5.41, 5.74) is 10.0. The van der Waals surface area contributed by atoms with Crippen LogP contribution in [0.5, 0.6) is 0 Å². The number of hydrogen-bond donors (Lipinski definition) is 3. The largest absolute Gasteiger partial charge is 0.455 e. The second-order valence-corrected chi connectivity index (χ2v) is 8.98. The van der Waals surface area contributed by atoms with Crippen LogP contribution in [0.3, 0.4) is 0 Å². The normalized spacial score (nSPS) is 13.8. The van der Waals surface area contributed by atoms with Gasteiger partial charge in [-0.15, -0.1) is 0 Å². The number of hydrogen-bond acceptors (Lipinski definition) is 5. The van der Waals surface area contributed by atoms with Crippen LogP contribution in [0.15, 0.2) is 62.5 Å². The Balaban J connectivity index is 1.48. The molecule has 0 saturated heterocycles. The van der Waals surface area contributed by atoms with E-state index >= 15 is 0 Å². The summed E-state index contributed by atoms with van der Waals surface area (Å²) in [7, 11) is 0. The molecule has 0 spiro atoms. The lowest BCUT2D eigenvalue weighted by Crippen LogP contribution is -2.41. The molecular formula is C24H20BrClN4O4. The van der Waals surface area contributed by atoms with Crippen LogP contribution in [0.25, 0.3) is 0 Å². The zero-order valence-corrected chi connectivity index (χ0v) is 20.4. The van der Waals surface area contributed by atoms with Gasteiger partial charge in [-0.05, 0) is 62.2 Å². The van der Waals surface area contributed by atoms with Crippen molar-refractivity contribution in [1.29, 1.82) is 0 Å². The van der Waals surface area contributed by atoms with E-state index in [9.17, 15) is 14.4 Å². The lowest BCUT2D eigenvalue weighted by Gasteiger charge is -2.13. The third kappa shape index (κ3) is 5.21. The second-order valence-electron chi connectivity index (χ2n) is 7.63. The molecule has 8 nitrogen and oxygen atoms in total. The van der Waals surface area contributed by atoms with Crippen molar-refractivity contribution in [2.24, 2.45) is 5.10 Å². The van der Waals surface area contributed by atoms with Gasteiger partial charge in [0.05, 0.1) is 5.71 Å². The Labute approximate surface area is 208 Å². The summed E-state index contributed by atoms with van der Waals surface area (Å²) in [5.74, 6) is -0.738. The van der Waals surface area contributed by atoms with Crippen molar-refractivity contribution in [3.8, 4) is 0 Å². The van der Waals surface area contributed by atoms with Gasteiger partial charge in [0.1, 0.15) is 5.76 Å². The van der Waals surface area contributed by atoms with Crippen molar-refractivity contribution in [3.05, 3.63) is 91.8 Å². The summed E-state index contributed by atoms with van der Waals surface area (Å²) in [5, 5.41) is 4.75. The van der Waals surface area contributed by atoms with Gasteiger partial charge in [-0.25, -0.2) is 5.43 Å². The number of amides is 3. The molecule has 34 heavy (non-hydrogen) atoms. The predicted molar refractivity (Wildman–Crippen MR) is 131 cm³/mol. The number of hydrazine groups is 1. The number of nitrogens with one attached hydrogen (secondary N) is 3. The van der Waals surface area contributed by atoms with Gasteiger partial charge < -0.3 is 4.42 Å². The van der Waals surface area contributed by atoms with Crippen molar-refractivity contribution in [1.82, 2.24) is 16.3 Å².